The molecule has 1 amide bonds. The summed E-state index contributed by atoms with van der Waals surface area (Å²) in [6, 6.07) is 12.6. The number of hydrogen-bond acceptors (Lipinski definition) is 3. The smallest absolute Gasteiger partial charge is 0.330 e. The van der Waals surface area contributed by atoms with Gasteiger partial charge in [-0.25, -0.2) is 9.59 Å². The Morgan fingerprint density at radius 1 is 1.11 bits per heavy atom. The standard InChI is InChI=1S/C21H21N3O4/c25-19(23-18(20(26)27)13-6-2-1-3-7-13)14-10-11-17-16(12-14)22-21(28)24(17)15-8-4-5-9-15/h1-3,6-7,10-12,15,18H,4-5,8-9H2,(H,22,28)(H,23,25)(H,26,27). The third-order valence-electron chi connectivity index (χ3n) is 5.32. The second-order valence-corrected chi connectivity index (χ2v) is 7.13. The van der Waals surface area contributed by atoms with E-state index in [1.165, 1.54) is 0 Å². The molecule has 0 aliphatic heterocycles. The Hall–Kier alpha value is -3.35. The van der Waals surface area contributed by atoms with Gasteiger partial charge in [-0.1, -0.05) is 43.2 Å². The van der Waals surface area contributed by atoms with E-state index in [9.17, 15) is 19.5 Å². The number of hydrogen-bond donors (Lipinski definition) is 3. The van der Waals surface area contributed by atoms with Crippen LogP contribution in [0.3, 0.4) is 0 Å². The van der Waals surface area contributed by atoms with Gasteiger partial charge in [0.05, 0.1) is 11.0 Å². The molecule has 1 aliphatic carbocycles. The maximum atomic E-state index is 12.7. The minimum atomic E-state index is -1.15. The quantitative estimate of drug-likeness (QED) is 0.634. The van der Waals surface area contributed by atoms with Crippen molar-refractivity contribution in [2.45, 2.75) is 37.8 Å². The summed E-state index contributed by atoms with van der Waals surface area (Å²) in [6.45, 7) is 0. The first-order chi connectivity index (χ1) is 13.5. The molecule has 1 heterocycles. The fourth-order valence-corrected chi connectivity index (χ4v) is 3.94. The molecule has 144 valence electrons. The number of rotatable bonds is 5. The van der Waals surface area contributed by atoms with Crippen LogP contribution in [-0.4, -0.2) is 26.5 Å². The number of carbonyl (C=O) groups excluding carboxylic acids is 1. The third-order valence-corrected chi connectivity index (χ3v) is 5.32. The van der Waals surface area contributed by atoms with Gasteiger partial charge in [-0.05, 0) is 36.6 Å². The number of carboxylic acids is 1. The zero-order chi connectivity index (χ0) is 19.7. The summed E-state index contributed by atoms with van der Waals surface area (Å²) in [4.78, 5) is 39.5. The number of carboxylic acid groups (broad SMARTS) is 1. The molecular formula is C21H21N3O4. The number of aromatic amines is 1. The fourth-order valence-electron chi connectivity index (χ4n) is 3.94. The average Bonchev–Trinajstić information content (AvgIpc) is 3.32. The van der Waals surface area contributed by atoms with Gasteiger partial charge < -0.3 is 15.4 Å². The van der Waals surface area contributed by atoms with Gasteiger partial charge in [0, 0.05) is 11.6 Å². The van der Waals surface area contributed by atoms with Gasteiger partial charge in [-0.15, -0.1) is 0 Å². The molecule has 1 atom stereocenters. The molecule has 0 bridgehead atoms. The van der Waals surface area contributed by atoms with Crippen molar-refractivity contribution in [1.29, 1.82) is 0 Å². The number of H-pyrrole nitrogens is 1. The summed E-state index contributed by atoms with van der Waals surface area (Å²) in [5.74, 6) is -1.64. The second-order valence-electron chi connectivity index (χ2n) is 7.13. The summed E-state index contributed by atoms with van der Waals surface area (Å²) in [5, 5.41) is 12.0. The number of nitrogens with one attached hydrogen (secondary N) is 2. The average molecular weight is 379 g/mol. The lowest BCUT2D eigenvalue weighted by Gasteiger charge is -2.15. The molecular weight excluding hydrogens is 358 g/mol. The van der Waals surface area contributed by atoms with E-state index < -0.39 is 17.9 Å². The molecule has 1 aliphatic rings. The van der Waals surface area contributed by atoms with Gasteiger partial charge >= 0.3 is 11.7 Å². The zero-order valence-electron chi connectivity index (χ0n) is 15.2. The normalized spacial score (nSPS) is 15.6. The van der Waals surface area contributed by atoms with Gasteiger partial charge in [-0.2, -0.15) is 0 Å². The number of nitrogens with zero attached hydrogens (tertiary/aromatic N) is 1. The molecule has 4 rings (SSSR count). The van der Waals surface area contributed by atoms with Crippen molar-refractivity contribution >= 4 is 22.9 Å². The summed E-state index contributed by atoms with van der Waals surface area (Å²) < 4.78 is 1.77. The molecule has 1 unspecified atom stereocenters. The number of aliphatic carboxylic acids is 1. The van der Waals surface area contributed by atoms with Gasteiger partial charge in [0.15, 0.2) is 6.04 Å². The van der Waals surface area contributed by atoms with E-state index >= 15 is 0 Å². The minimum Gasteiger partial charge on any atom is -0.479 e. The van der Waals surface area contributed by atoms with Crippen LogP contribution >= 0.6 is 0 Å². The maximum absolute atomic E-state index is 12.7. The monoisotopic (exact) mass is 379 g/mol. The molecule has 3 aromatic rings. The molecule has 0 saturated heterocycles. The number of benzene rings is 2. The highest BCUT2D eigenvalue weighted by atomic mass is 16.4. The first kappa shape index (κ1) is 18.0. The molecule has 2 aromatic carbocycles. The molecule has 3 N–H and O–H groups in total. The van der Waals surface area contributed by atoms with E-state index in [1.54, 1.807) is 53.1 Å². The molecule has 1 saturated carbocycles. The lowest BCUT2D eigenvalue weighted by Crippen LogP contribution is -2.33. The Morgan fingerprint density at radius 3 is 2.50 bits per heavy atom. The molecule has 28 heavy (non-hydrogen) atoms. The van der Waals surface area contributed by atoms with Crippen LogP contribution in [-0.2, 0) is 4.79 Å². The van der Waals surface area contributed by atoms with Crippen LogP contribution < -0.4 is 11.0 Å². The van der Waals surface area contributed by atoms with E-state index in [4.69, 9.17) is 0 Å². The first-order valence-electron chi connectivity index (χ1n) is 9.37. The Labute approximate surface area is 161 Å². The Morgan fingerprint density at radius 2 is 1.82 bits per heavy atom. The van der Waals surface area contributed by atoms with Crippen LogP contribution in [0, 0.1) is 0 Å². The molecule has 1 fully saturated rings. The lowest BCUT2D eigenvalue weighted by atomic mass is 10.1. The molecule has 0 radical (unpaired) electrons. The highest BCUT2D eigenvalue weighted by Crippen LogP contribution is 2.30. The number of aromatic nitrogens is 2. The number of imidazole rings is 1. The Bertz CT molecular complexity index is 1080. The SMILES string of the molecule is O=C(NC(C(=O)O)c1ccccc1)c1ccc2c(c1)[nH]c(=O)n2C1CCCC1. The van der Waals surface area contributed by atoms with Crippen LogP contribution in [0.25, 0.3) is 11.0 Å². The van der Waals surface area contributed by atoms with Crippen LogP contribution in [0.4, 0.5) is 0 Å². The van der Waals surface area contributed by atoms with Crippen LogP contribution in [0.1, 0.15) is 53.7 Å². The van der Waals surface area contributed by atoms with Crippen molar-refractivity contribution in [3.05, 3.63) is 70.1 Å². The van der Waals surface area contributed by atoms with Crippen molar-refractivity contribution in [3.63, 3.8) is 0 Å². The summed E-state index contributed by atoms with van der Waals surface area (Å²) in [5.41, 5.74) is 1.97. The van der Waals surface area contributed by atoms with Crippen molar-refractivity contribution in [2.75, 3.05) is 0 Å². The highest BCUT2D eigenvalue weighted by molar-refractivity contribution is 5.99. The number of carbonyl (C=O) groups is 2. The largest absolute Gasteiger partial charge is 0.479 e. The number of fused-ring (bicyclic) bond motifs is 1. The molecule has 7 heteroatoms. The van der Waals surface area contributed by atoms with Gasteiger partial charge in [0.1, 0.15) is 0 Å². The fraction of sp³-hybridized carbons (Fsp3) is 0.286. The number of amides is 1. The zero-order valence-corrected chi connectivity index (χ0v) is 15.2. The second kappa shape index (κ2) is 7.34. The predicted octanol–water partition coefficient (Wildman–Crippen LogP) is 3.00. The van der Waals surface area contributed by atoms with Crippen molar-refractivity contribution < 1.29 is 14.7 Å². The van der Waals surface area contributed by atoms with Crippen LogP contribution in [0.5, 0.6) is 0 Å². The molecule has 1 aromatic heterocycles. The minimum absolute atomic E-state index is 0.174. The van der Waals surface area contributed by atoms with Crippen LogP contribution in [0.15, 0.2) is 53.3 Å². The van der Waals surface area contributed by atoms with Gasteiger partial charge in [0.2, 0.25) is 0 Å². The van der Waals surface area contributed by atoms with Crippen molar-refractivity contribution in [2.24, 2.45) is 0 Å². The van der Waals surface area contributed by atoms with Crippen molar-refractivity contribution in [1.82, 2.24) is 14.9 Å². The topological polar surface area (TPSA) is 104 Å². The van der Waals surface area contributed by atoms with Gasteiger partial charge in [0.25, 0.3) is 5.91 Å². The van der Waals surface area contributed by atoms with Gasteiger partial charge in [-0.3, -0.25) is 9.36 Å². The summed E-state index contributed by atoms with van der Waals surface area (Å²) >= 11 is 0. The van der Waals surface area contributed by atoms with E-state index in [1.807, 2.05) is 0 Å². The molecule has 7 nitrogen and oxygen atoms in total. The summed E-state index contributed by atoms with van der Waals surface area (Å²) in [7, 11) is 0. The van der Waals surface area contributed by atoms with E-state index in [2.05, 4.69) is 10.3 Å². The lowest BCUT2D eigenvalue weighted by molar-refractivity contribution is -0.139. The maximum Gasteiger partial charge on any atom is 0.330 e. The van der Waals surface area contributed by atoms with Crippen LogP contribution in [0.2, 0.25) is 0 Å². The third kappa shape index (κ3) is 3.31. The summed E-state index contributed by atoms with van der Waals surface area (Å²) in [6.07, 6.45) is 4.18. The van der Waals surface area contributed by atoms with E-state index in [0.29, 0.717) is 16.6 Å². The van der Waals surface area contributed by atoms with Crippen molar-refractivity contribution in [3.8, 4) is 0 Å². The molecule has 0 spiro atoms. The predicted molar refractivity (Wildman–Crippen MR) is 104 cm³/mol. The first-order valence-corrected chi connectivity index (χ1v) is 9.37. The Balaban J connectivity index is 1.62. The van der Waals surface area contributed by atoms with E-state index in [-0.39, 0.29) is 11.7 Å². The highest BCUT2D eigenvalue weighted by Gasteiger charge is 2.24. The Kier molecular flexibility index (Phi) is 4.73. The van der Waals surface area contributed by atoms with E-state index in [0.717, 1.165) is 31.2 Å².